The maximum Gasteiger partial charge on any atom is 0.160 e. The fourth-order valence-electron chi connectivity index (χ4n) is 1.80. The minimum absolute atomic E-state index is 0.763. The molecule has 0 fully saturated rings. The first-order chi connectivity index (χ1) is 8.24. The van der Waals surface area contributed by atoms with Gasteiger partial charge in [-0.15, -0.1) is 0 Å². The van der Waals surface area contributed by atoms with Crippen molar-refractivity contribution in [1.29, 1.82) is 0 Å². The molecule has 5 heteroatoms. The molecule has 17 heavy (non-hydrogen) atoms. The molecule has 0 aromatic carbocycles. The van der Waals surface area contributed by atoms with Crippen molar-refractivity contribution in [2.75, 3.05) is 0 Å². The summed E-state index contributed by atoms with van der Waals surface area (Å²) in [5.74, 6) is 0. The molecule has 84 valence electrons. The van der Waals surface area contributed by atoms with Crippen molar-refractivity contribution >= 4 is 33.9 Å². The van der Waals surface area contributed by atoms with Gasteiger partial charge in [0.05, 0.1) is 5.52 Å². The normalized spacial score (nSPS) is 10.9. The lowest BCUT2D eigenvalue weighted by atomic mass is 10.1. The van der Waals surface area contributed by atoms with Crippen LogP contribution in [0.3, 0.4) is 0 Å². The molecular weight excluding hydrogens is 250 g/mol. The predicted octanol–water partition coefficient (Wildman–Crippen LogP) is 3.72. The fourth-order valence-corrected chi connectivity index (χ4v) is 2.88. The molecule has 0 amide bonds. The molecule has 0 aliphatic heterocycles. The van der Waals surface area contributed by atoms with Gasteiger partial charge in [0, 0.05) is 23.7 Å². The highest BCUT2D eigenvalue weighted by Crippen LogP contribution is 2.27. The molecule has 0 radical (unpaired) electrons. The number of hydrogen-bond acceptors (Lipinski definition) is 4. The Morgan fingerprint density at radius 3 is 2.82 bits per heavy atom. The van der Waals surface area contributed by atoms with Crippen LogP contribution < -0.4 is 0 Å². The van der Waals surface area contributed by atoms with Crippen LogP contribution in [0, 0.1) is 10.9 Å². The summed E-state index contributed by atoms with van der Waals surface area (Å²) in [6.45, 7) is 2.01. The SMILES string of the molecule is Cc1nc2sc(=S)[nH]c2cc1-c1ccncc1. The van der Waals surface area contributed by atoms with Crippen molar-refractivity contribution in [3.05, 3.63) is 40.2 Å². The topological polar surface area (TPSA) is 41.6 Å². The Bertz CT molecular complexity index is 728. The lowest BCUT2D eigenvalue weighted by Crippen LogP contribution is -1.88. The van der Waals surface area contributed by atoms with E-state index in [0.29, 0.717) is 0 Å². The van der Waals surface area contributed by atoms with E-state index in [9.17, 15) is 0 Å². The van der Waals surface area contributed by atoms with Crippen LogP contribution in [0.15, 0.2) is 30.6 Å². The van der Waals surface area contributed by atoms with E-state index in [1.54, 1.807) is 12.4 Å². The molecule has 3 rings (SSSR count). The van der Waals surface area contributed by atoms with Crippen molar-refractivity contribution in [3.63, 3.8) is 0 Å². The summed E-state index contributed by atoms with van der Waals surface area (Å²) in [4.78, 5) is 12.7. The first-order valence-corrected chi connectivity index (χ1v) is 6.37. The van der Waals surface area contributed by atoms with Crippen LogP contribution >= 0.6 is 23.6 Å². The highest BCUT2D eigenvalue weighted by molar-refractivity contribution is 7.73. The molecule has 0 unspecified atom stereocenters. The molecule has 0 saturated carbocycles. The average molecular weight is 259 g/mol. The van der Waals surface area contributed by atoms with Crippen LogP contribution in [0.2, 0.25) is 0 Å². The number of aryl methyl sites for hydroxylation is 1. The zero-order valence-corrected chi connectivity index (χ0v) is 10.7. The number of hydrogen-bond donors (Lipinski definition) is 1. The third kappa shape index (κ3) is 1.87. The van der Waals surface area contributed by atoms with E-state index in [-0.39, 0.29) is 0 Å². The Balaban J connectivity index is 2.30. The number of H-pyrrole nitrogens is 1. The molecule has 0 spiro atoms. The fraction of sp³-hybridized carbons (Fsp3) is 0.0833. The summed E-state index contributed by atoms with van der Waals surface area (Å²) in [7, 11) is 0. The van der Waals surface area contributed by atoms with Gasteiger partial charge in [0.15, 0.2) is 3.95 Å². The third-order valence-electron chi connectivity index (χ3n) is 2.60. The molecule has 0 bridgehead atoms. The van der Waals surface area contributed by atoms with Gasteiger partial charge in [0.1, 0.15) is 4.83 Å². The highest BCUT2D eigenvalue weighted by Gasteiger charge is 2.07. The first kappa shape index (κ1) is 10.6. The predicted molar refractivity (Wildman–Crippen MR) is 72.8 cm³/mol. The van der Waals surface area contributed by atoms with Crippen LogP contribution in [0.1, 0.15) is 5.69 Å². The Hall–Kier alpha value is -1.59. The van der Waals surface area contributed by atoms with Gasteiger partial charge in [-0.05, 0) is 42.9 Å². The van der Waals surface area contributed by atoms with Crippen LogP contribution in [0.5, 0.6) is 0 Å². The molecule has 0 aliphatic rings. The van der Waals surface area contributed by atoms with Gasteiger partial charge < -0.3 is 4.98 Å². The zero-order valence-electron chi connectivity index (χ0n) is 9.10. The molecular formula is C12H9N3S2. The minimum Gasteiger partial charge on any atom is -0.336 e. The second-order valence-electron chi connectivity index (χ2n) is 3.72. The van der Waals surface area contributed by atoms with E-state index >= 15 is 0 Å². The van der Waals surface area contributed by atoms with Gasteiger partial charge >= 0.3 is 0 Å². The van der Waals surface area contributed by atoms with E-state index in [0.717, 1.165) is 31.1 Å². The maximum absolute atomic E-state index is 5.13. The van der Waals surface area contributed by atoms with E-state index in [1.165, 1.54) is 11.3 Å². The number of aromatic nitrogens is 3. The van der Waals surface area contributed by atoms with Gasteiger partial charge in [-0.1, -0.05) is 11.3 Å². The van der Waals surface area contributed by atoms with Crippen LogP contribution in [0.4, 0.5) is 0 Å². The van der Waals surface area contributed by atoms with Crippen LogP contribution in [-0.4, -0.2) is 15.0 Å². The maximum atomic E-state index is 5.13. The van der Waals surface area contributed by atoms with Crippen molar-refractivity contribution in [1.82, 2.24) is 15.0 Å². The number of rotatable bonds is 1. The molecule has 0 saturated heterocycles. The summed E-state index contributed by atoms with van der Waals surface area (Å²) >= 11 is 6.64. The van der Waals surface area contributed by atoms with E-state index in [4.69, 9.17) is 12.2 Å². The van der Waals surface area contributed by atoms with Gasteiger partial charge in [-0.25, -0.2) is 4.98 Å². The van der Waals surface area contributed by atoms with Gasteiger partial charge in [-0.3, -0.25) is 4.98 Å². The molecule has 1 N–H and O–H groups in total. The van der Waals surface area contributed by atoms with E-state index in [1.807, 2.05) is 19.1 Å². The lowest BCUT2D eigenvalue weighted by molar-refractivity contribution is 1.25. The van der Waals surface area contributed by atoms with E-state index < -0.39 is 0 Å². The molecule has 0 atom stereocenters. The standard InChI is InChI=1S/C12H9N3S2/c1-7-9(8-2-4-13-5-3-8)6-10-11(14-7)17-12(16)15-10/h2-6H,1H3,(H,15,16). The number of pyridine rings is 2. The number of aromatic amines is 1. The molecule has 3 nitrogen and oxygen atoms in total. The summed E-state index contributed by atoms with van der Waals surface area (Å²) in [5, 5.41) is 0. The summed E-state index contributed by atoms with van der Waals surface area (Å²) in [6.07, 6.45) is 3.57. The summed E-state index contributed by atoms with van der Waals surface area (Å²) in [6, 6.07) is 6.06. The minimum atomic E-state index is 0.763. The Morgan fingerprint density at radius 2 is 2.06 bits per heavy atom. The zero-order chi connectivity index (χ0) is 11.8. The van der Waals surface area contributed by atoms with Gasteiger partial charge in [0.25, 0.3) is 0 Å². The summed E-state index contributed by atoms with van der Waals surface area (Å²) in [5.41, 5.74) is 4.24. The second-order valence-corrected chi connectivity index (χ2v) is 5.39. The number of thiazole rings is 1. The van der Waals surface area contributed by atoms with Gasteiger partial charge in [-0.2, -0.15) is 0 Å². The summed E-state index contributed by atoms with van der Waals surface area (Å²) < 4.78 is 0.763. The van der Waals surface area contributed by atoms with Crippen molar-refractivity contribution < 1.29 is 0 Å². The third-order valence-corrected chi connectivity index (χ3v) is 3.74. The lowest BCUT2D eigenvalue weighted by Gasteiger charge is -2.04. The quantitative estimate of drug-likeness (QED) is 0.677. The Morgan fingerprint density at radius 1 is 1.29 bits per heavy atom. The smallest absolute Gasteiger partial charge is 0.160 e. The Kier molecular flexibility index (Phi) is 2.49. The molecule has 3 aromatic heterocycles. The monoisotopic (exact) mass is 259 g/mol. The highest BCUT2D eigenvalue weighted by atomic mass is 32.1. The molecule has 3 heterocycles. The van der Waals surface area contributed by atoms with Crippen molar-refractivity contribution in [2.45, 2.75) is 6.92 Å². The molecule has 0 aliphatic carbocycles. The van der Waals surface area contributed by atoms with Crippen LogP contribution in [-0.2, 0) is 0 Å². The largest absolute Gasteiger partial charge is 0.336 e. The Labute approximate surface area is 107 Å². The van der Waals surface area contributed by atoms with Crippen LogP contribution in [0.25, 0.3) is 21.5 Å². The van der Waals surface area contributed by atoms with Crippen molar-refractivity contribution in [2.24, 2.45) is 0 Å². The second kappa shape index (κ2) is 4.01. The van der Waals surface area contributed by atoms with Gasteiger partial charge in [0.2, 0.25) is 0 Å². The average Bonchev–Trinajstić information content (AvgIpc) is 2.68. The van der Waals surface area contributed by atoms with Crippen molar-refractivity contribution in [3.8, 4) is 11.1 Å². The first-order valence-electron chi connectivity index (χ1n) is 5.15. The van der Waals surface area contributed by atoms with E-state index in [2.05, 4.69) is 21.0 Å². The number of nitrogens with zero attached hydrogens (tertiary/aromatic N) is 2. The number of nitrogens with one attached hydrogen (secondary N) is 1. The molecule has 3 aromatic rings. The number of fused-ring (bicyclic) bond motifs is 1.